The minimum atomic E-state index is -3.74. The van der Waals surface area contributed by atoms with Crippen LogP contribution in [0.4, 0.5) is 11.4 Å². The quantitative estimate of drug-likeness (QED) is 0.641. The molecule has 0 aliphatic heterocycles. The first kappa shape index (κ1) is 23.2. The average molecular weight is 435 g/mol. The maximum Gasteiger partial charge on any atom is 0.338 e. The predicted molar refractivity (Wildman–Crippen MR) is 116 cm³/mol. The third kappa shape index (κ3) is 5.50. The molecule has 2 aromatic carbocycles. The first-order valence-corrected chi connectivity index (χ1v) is 11.2. The number of aryl methyl sites for hydroxylation is 1. The summed E-state index contributed by atoms with van der Waals surface area (Å²) in [6, 6.07) is 10.1. The normalized spacial score (nSPS) is 12.0. The Balaban J connectivity index is 2.26. The van der Waals surface area contributed by atoms with Gasteiger partial charge in [-0.2, -0.15) is 0 Å². The summed E-state index contributed by atoms with van der Waals surface area (Å²) in [4.78, 5) is 24.7. The van der Waals surface area contributed by atoms with Gasteiger partial charge in [-0.25, -0.2) is 13.2 Å². The molecular weight excluding hydrogens is 408 g/mol. The van der Waals surface area contributed by atoms with Gasteiger partial charge in [0.2, 0.25) is 15.9 Å². The van der Waals surface area contributed by atoms with Crippen molar-refractivity contribution in [3.05, 3.63) is 53.6 Å². The van der Waals surface area contributed by atoms with Crippen LogP contribution in [0.1, 0.15) is 29.8 Å². The van der Waals surface area contributed by atoms with Gasteiger partial charge in [0.25, 0.3) is 0 Å². The summed E-state index contributed by atoms with van der Waals surface area (Å²) in [5, 5.41) is 2.73. The number of carbonyl (C=O) groups is 2. The van der Waals surface area contributed by atoms with E-state index in [1.165, 1.54) is 14.0 Å². The fourth-order valence-electron chi connectivity index (χ4n) is 2.92. The summed E-state index contributed by atoms with van der Waals surface area (Å²) < 4.78 is 35.9. The second-order valence-corrected chi connectivity index (χ2v) is 8.53. The van der Waals surface area contributed by atoms with Crippen LogP contribution in [0.25, 0.3) is 0 Å². The molecule has 0 spiro atoms. The molecule has 30 heavy (non-hydrogen) atoms. The number of benzene rings is 2. The van der Waals surface area contributed by atoms with E-state index >= 15 is 0 Å². The van der Waals surface area contributed by atoms with Crippen LogP contribution in [-0.2, 0) is 19.6 Å². The smallest absolute Gasteiger partial charge is 0.338 e. The average Bonchev–Trinajstić information content (AvgIpc) is 2.69. The van der Waals surface area contributed by atoms with Crippen molar-refractivity contribution in [1.82, 2.24) is 0 Å². The standard InChI is InChI=1S/C21H26N2O6S/c1-6-29-21(25)16-7-12-19(14(2)13-16)22-20(24)15(3)23(30(5,26)27)17-8-10-18(28-4)11-9-17/h7-13,15H,6H2,1-5H3,(H,22,24)/t15-/m1/s1. The second-order valence-electron chi connectivity index (χ2n) is 6.67. The van der Waals surface area contributed by atoms with Gasteiger partial charge in [-0.1, -0.05) is 0 Å². The van der Waals surface area contributed by atoms with Crippen LogP contribution in [0, 0.1) is 6.92 Å². The Hall–Kier alpha value is -3.07. The first-order valence-electron chi connectivity index (χ1n) is 9.30. The third-order valence-corrected chi connectivity index (χ3v) is 5.65. The number of hydrogen-bond donors (Lipinski definition) is 1. The van der Waals surface area contributed by atoms with Crippen molar-refractivity contribution in [2.75, 3.05) is 29.6 Å². The molecule has 0 saturated heterocycles. The number of carbonyl (C=O) groups excluding carboxylic acids is 2. The molecule has 2 rings (SSSR count). The van der Waals surface area contributed by atoms with Crippen molar-refractivity contribution in [1.29, 1.82) is 0 Å². The largest absolute Gasteiger partial charge is 0.497 e. The van der Waals surface area contributed by atoms with Crippen molar-refractivity contribution < 1.29 is 27.5 Å². The summed E-state index contributed by atoms with van der Waals surface area (Å²) in [7, 11) is -2.23. The molecule has 162 valence electrons. The number of nitrogens with one attached hydrogen (secondary N) is 1. The molecule has 0 heterocycles. The Morgan fingerprint density at radius 1 is 1.13 bits per heavy atom. The molecule has 9 heteroatoms. The van der Waals surface area contributed by atoms with Crippen LogP contribution >= 0.6 is 0 Å². The molecule has 0 fully saturated rings. The molecule has 1 amide bonds. The molecule has 0 aliphatic carbocycles. The highest BCUT2D eigenvalue weighted by atomic mass is 32.2. The summed E-state index contributed by atoms with van der Waals surface area (Å²) in [5.41, 5.74) is 1.84. The van der Waals surface area contributed by atoms with Gasteiger partial charge in [0.1, 0.15) is 11.8 Å². The topological polar surface area (TPSA) is 102 Å². The lowest BCUT2D eigenvalue weighted by Gasteiger charge is -2.28. The number of ether oxygens (including phenoxy) is 2. The Bertz CT molecular complexity index is 1020. The van der Waals surface area contributed by atoms with Gasteiger partial charge < -0.3 is 14.8 Å². The molecule has 0 bridgehead atoms. The van der Waals surface area contributed by atoms with Crippen LogP contribution in [0.5, 0.6) is 5.75 Å². The number of amides is 1. The maximum absolute atomic E-state index is 12.8. The molecular formula is C21H26N2O6S. The predicted octanol–water partition coefficient (Wildman–Crippen LogP) is 2.97. The number of esters is 1. The van der Waals surface area contributed by atoms with Crippen molar-refractivity contribution in [2.45, 2.75) is 26.8 Å². The second kappa shape index (κ2) is 9.62. The van der Waals surface area contributed by atoms with E-state index in [0.717, 1.165) is 10.6 Å². The molecule has 2 aromatic rings. The van der Waals surface area contributed by atoms with Gasteiger partial charge in [-0.15, -0.1) is 0 Å². The minimum Gasteiger partial charge on any atom is -0.497 e. The first-order chi connectivity index (χ1) is 14.1. The van der Waals surface area contributed by atoms with E-state index in [4.69, 9.17) is 9.47 Å². The highest BCUT2D eigenvalue weighted by Gasteiger charge is 2.29. The fraction of sp³-hybridized carbons (Fsp3) is 0.333. The van der Waals surface area contributed by atoms with Crippen LogP contribution in [0.2, 0.25) is 0 Å². The van der Waals surface area contributed by atoms with E-state index in [0.29, 0.717) is 28.3 Å². The van der Waals surface area contributed by atoms with Gasteiger partial charge in [-0.3, -0.25) is 9.10 Å². The molecule has 0 unspecified atom stereocenters. The van der Waals surface area contributed by atoms with E-state index in [1.54, 1.807) is 56.3 Å². The summed E-state index contributed by atoms with van der Waals surface area (Å²) >= 11 is 0. The van der Waals surface area contributed by atoms with Gasteiger partial charge in [-0.05, 0) is 68.8 Å². The van der Waals surface area contributed by atoms with Gasteiger partial charge in [0.15, 0.2) is 0 Å². The van der Waals surface area contributed by atoms with Gasteiger partial charge in [0.05, 0.1) is 31.2 Å². The molecule has 1 N–H and O–H groups in total. The number of hydrogen-bond acceptors (Lipinski definition) is 6. The summed E-state index contributed by atoms with van der Waals surface area (Å²) in [6.45, 7) is 5.22. The number of nitrogens with zero attached hydrogens (tertiary/aromatic N) is 1. The molecule has 0 aliphatic rings. The number of rotatable bonds is 8. The SMILES string of the molecule is CCOC(=O)c1ccc(NC(=O)[C@@H](C)N(c2ccc(OC)cc2)S(C)(=O)=O)c(C)c1. The Kier molecular flexibility index (Phi) is 7.44. The molecule has 8 nitrogen and oxygen atoms in total. The third-order valence-electron chi connectivity index (χ3n) is 4.41. The van der Waals surface area contributed by atoms with Crippen LogP contribution in [0.3, 0.4) is 0 Å². The van der Waals surface area contributed by atoms with Crippen LogP contribution < -0.4 is 14.4 Å². The number of anilines is 2. The van der Waals surface area contributed by atoms with Crippen molar-refractivity contribution in [3.63, 3.8) is 0 Å². The Labute approximate surface area is 176 Å². The minimum absolute atomic E-state index is 0.264. The lowest BCUT2D eigenvalue weighted by Crippen LogP contribution is -2.45. The molecule has 1 atom stereocenters. The lowest BCUT2D eigenvalue weighted by atomic mass is 10.1. The zero-order chi connectivity index (χ0) is 22.5. The van der Waals surface area contributed by atoms with Crippen molar-refractivity contribution in [3.8, 4) is 5.75 Å². The maximum atomic E-state index is 12.8. The zero-order valence-electron chi connectivity index (χ0n) is 17.6. The summed E-state index contributed by atoms with van der Waals surface area (Å²) in [5.74, 6) is -0.389. The van der Waals surface area contributed by atoms with Gasteiger partial charge >= 0.3 is 5.97 Å². The van der Waals surface area contributed by atoms with Crippen molar-refractivity contribution in [2.24, 2.45) is 0 Å². The van der Waals surface area contributed by atoms with Crippen LogP contribution in [-0.4, -0.2) is 46.3 Å². The van der Waals surface area contributed by atoms with E-state index in [1.807, 2.05) is 0 Å². The highest BCUT2D eigenvalue weighted by molar-refractivity contribution is 7.92. The van der Waals surface area contributed by atoms with E-state index in [2.05, 4.69) is 5.32 Å². The molecule has 0 saturated carbocycles. The Morgan fingerprint density at radius 3 is 2.27 bits per heavy atom. The summed E-state index contributed by atoms with van der Waals surface area (Å²) in [6.07, 6.45) is 1.04. The van der Waals surface area contributed by atoms with Gasteiger partial charge in [0, 0.05) is 5.69 Å². The monoisotopic (exact) mass is 434 g/mol. The lowest BCUT2D eigenvalue weighted by molar-refractivity contribution is -0.116. The zero-order valence-corrected chi connectivity index (χ0v) is 18.4. The highest BCUT2D eigenvalue weighted by Crippen LogP contribution is 2.25. The molecule has 0 radical (unpaired) electrons. The Morgan fingerprint density at radius 2 is 1.77 bits per heavy atom. The van der Waals surface area contributed by atoms with E-state index in [9.17, 15) is 18.0 Å². The van der Waals surface area contributed by atoms with Crippen LogP contribution in [0.15, 0.2) is 42.5 Å². The number of sulfonamides is 1. The number of methoxy groups -OCH3 is 1. The fourth-order valence-corrected chi connectivity index (χ4v) is 4.10. The molecule has 0 aromatic heterocycles. The van der Waals surface area contributed by atoms with Crippen molar-refractivity contribution >= 4 is 33.3 Å². The van der Waals surface area contributed by atoms with E-state index < -0.39 is 27.9 Å². The van der Waals surface area contributed by atoms with E-state index in [-0.39, 0.29) is 6.61 Å².